The fourth-order valence-corrected chi connectivity index (χ4v) is 2.42. The summed E-state index contributed by atoms with van der Waals surface area (Å²) < 4.78 is 10.5. The van der Waals surface area contributed by atoms with Crippen LogP contribution >= 0.6 is 0 Å². The summed E-state index contributed by atoms with van der Waals surface area (Å²) in [6.07, 6.45) is 0.0753. The molecule has 1 aromatic heterocycles. The molecule has 0 bridgehead atoms. The Morgan fingerprint density at radius 3 is 2.63 bits per heavy atom. The minimum absolute atomic E-state index is 0.238. The van der Waals surface area contributed by atoms with Crippen LogP contribution in [0.4, 0.5) is 0 Å². The van der Waals surface area contributed by atoms with Crippen LogP contribution in [0, 0.1) is 13.8 Å². The highest BCUT2D eigenvalue weighted by molar-refractivity contribution is 5.98. The van der Waals surface area contributed by atoms with Crippen LogP contribution in [0.3, 0.4) is 0 Å². The highest BCUT2D eigenvalue weighted by Crippen LogP contribution is 2.25. The number of nitrogens with zero attached hydrogens (tertiary/aromatic N) is 1. The second kappa shape index (κ2) is 5.05. The zero-order valence-corrected chi connectivity index (χ0v) is 11.2. The number of hydrogen-bond acceptors (Lipinski definition) is 4. The van der Waals surface area contributed by atoms with Crippen LogP contribution in [0.25, 0.3) is 0 Å². The number of amides is 1. The van der Waals surface area contributed by atoms with E-state index in [9.17, 15) is 14.7 Å². The van der Waals surface area contributed by atoms with E-state index >= 15 is 0 Å². The third-order valence-electron chi connectivity index (χ3n) is 3.41. The van der Waals surface area contributed by atoms with Crippen molar-refractivity contribution in [3.8, 4) is 0 Å². The number of carbonyl (C=O) groups excluding carboxylic acids is 1. The van der Waals surface area contributed by atoms with Gasteiger partial charge in [-0.3, -0.25) is 4.79 Å². The van der Waals surface area contributed by atoms with Gasteiger partial charge in [-0.15, -0.1) is 0 Å². The van der Waals surface area contributed by atoms with Crippen LogP contribution in [-0.4, -0.2) is 47.7 Å². The van der Waals surface area contributed by atoms with Crippen molar-refractivity contribution in [2.24, 2.45) is 0 Å². The fourth-order valence-electron chi connectivity index (χ4n) is 2.42. The SMILES string of the molecule is COC1CC(C(=O)O)N(C(=O)c2cc(C)oc2C)C1. The normalized spacial score (nSPS) is 22.8. The summed E-state index contributed by atoms with van der Waals surface area (Å²) in [6.45, 7) is 3.73. The van der Waals surface area contributed by atoms with Gasteiger partial charge < -0.3 is 19.2 Å². The van der Waals surface area contributed by atoms with Gasteiger partial charge in [-0.1, -0.05) is 0 Å². The molecule has 6 nitrogen and oxygen atoms in total. The number of carboxylic acids is 1. The van der Waals surface area contributed by atoms with Crippen LogP contribution in [0.5, 0.6) is 0 Å². The average Bonchev–Trinajstić information content (AvgIpc) is 2.91. The van der Waals surface area contributed by atoms with E-state index in [0.717, 1.165) is 0 Å². The molecule has 6 heteroatoms. The molecule has 1 fully saturated rings. The van der Waals surface area contributed by atoms with Crippen molar-refractivity contribution in [3.05, 3.63) is 23.2 Å². The fraction of sp³-hybridized carbons (Fsp3) is 0.538. The van der Waals surface area contributed by atoms with Gasteiger partial charge in [-0.2, -0.15) is 0 Å². The lowest BCUT2D eigenvalue weighted by molar-refractivity contribution is -0.141. The van der Waals surface area contributed by atoms with E-state index in [-0.39, 0.29) is 18.6 Å². The number of carboxylic acid groups (broad SMARTS) is 1. The molecule has 1 aliphatic rings. The molecule has 2 atom stereocenters. The smallest absolute Gasteiger partial charge is 0.326 e. The summed E-state index contributed by atoms with van der Waals surface area (Å²) >= 11 is 0. The Kier molecular flexibility index (Phi) is 3.61. The molecule has 2 unspecified atom stereocenters. The van der Waals surface area contributed by atoms with E-state index in [1.165, 1.54) is 12.0 Å². The standard InChI is InChI=1S/C13H17NO5/c1-7-4-10(8(2)19-7)12(15)14-6-9(18-3)5-11(14)13(16)17/h4,9,11H,5-6H2,1-3H3,(H,16,17). The van der Waals surface area contributed by atoms with Gasteiger partial charge in [0.15, 0.2) is 0 Å². The molecule has 1 aliphatic heterocycles. The summed E-state index contributed by atoms with van der Waals surface area (Å²) in [6, 6.07) is 0.795. The van der Waals surface area contributed by atoms with Gasteiger partial charge in [0.25, 0.3) is 5.91 Å². The molecule has 2 rings (SSSR count). The molecule has 104 valence electrons. The maximum atomic E-state index is 12.4. The maximum Gasteiger partial charge on any atom is 0.326 e. The van der Waals surface area contributed by atoms with Gasteiger partial charge in [0, 0.05) is 20.1 Å². The van der Waals surface area contributed by atoms with Crippen molar-refractivity contribution in [2.75, 3.05) is 13.7 Å². The molecular weight excluding hydrogens is 250 g/mol. The van der Waals surface area contributed by atoms with Crippen LogP contribution in [0.2, 0.25) is 0 Å². The Hall–Kier alpha value is -1.82. The molecule has 0 saturated carbocycles. The molecule has 0 radical (unpaired) electrons. The number of aliphatic carboxylic acids is 1. The number of carbonyl (C=O) groups is 2. The summed E-state index contributed by atoms with van der Waals surface area (Å²) in [7, 11) is 1.52. The first-order valence-corrected chi connectivity index (χ1v) is 6.07. The molecule has 2 heterocycles. The first kappa shape index (κ1) is 13.6. The Morgan fingerprint density at radius 1 is 1.47 bits per heavy atom. The van der Waals surface area contributed by atoms with Crippen molar-refractivity contribution in [2.45, 2.75) is 32.4 Å². The number of furan rings is 1. The Labute approximate surface area is 110 Å². The van der Waals surface area contributed by atoms with E-state index in [1.807, 2.05) is 0 Å². The molecule has 0 spiro atoms. The van der Waals surface area contributed by atoms with E-state index in [4.69, 9.17) is 9.15 Å². The highest BCUT2D eigenvalue weighted by atomic mass is 16.5. The van der Waals surface area contributed by atoms with Crippen molar-refractivity contribution in [1.29, 1.82) is 0 Å². The summed E-state index contributed by atoms with van der Waals surface area (Å²) in [4.78, 5) is 25.0. The Bertz CT molecular complexity index is 507. The minimum Gasteiger partial charge on any atom is -0.480 e. The highest BCUT2D eigenvalue weighted by Gasteiger charge is 2.40. The lowest BCUT2D eigenvalue weighted by Gasteiger charge is -2.20. The first-order chi connectivity index (χ1) is 8.93. The van der Waals surface area contributed by atoms with E-state index in [1.54, 1.807) is 19.9 Å². The van der Waals surface area contributed by atoms with E-state index in [2.05, 4.69) is 0 Å². The van der Waals surface area contributed by atoms with Crippen LogP contribution in [0.15, 0.2) is 10.5 Å². The Morgan fingerprint density at radius 2 is 2.16 bits per heavy atom. The number of hydrogen-bond donors (Lipinski definition) is 1. The maximum absolute atomic E-state index is 12.4. The second-order valence-corrected chi connectivity index (χ2v) is 4.73. The molecule has 1 saturated heterocycles. The monoisotopic (exact) mass is 267 g/mol. The predicted molar refractivity (Wildman–Crippen MR) is 66.1 cm³/mol. The van der Waals surface area contributed by atoms with Gasteiger partial charge in [0.2, 0.25) is 0 Å². The predicted octanol–water partition coefficient (Wildman–Crippen LogP) is 1.21. The molecular formula is C13H17NO5. The van der Waals surface area contributed by atoms with E-state index < -0.39 is 12.0 Å². The van der Waals surface area contributed by atoms with Gasteiger partial charge in [-0.05, 0) is 19.9 Å². The minimum atomic E-state index is -1.01. The molecule has 1 aromatic rings. The van der Waals surface area contributed by atoms with Crippen LogP contribution in [-0.2, 0) is 9.53 Å². The number of ether oxygens (including phenoxy) is 1. The van der Waals surface area contributed by atoms with Crippen LogP contribution < -0.4 is 0 Å². The number of methoxy groups -OCH3 is 1. The van der Waals surface area contributed by atoms with Crippen molar-refractivity contribution >= 4 is 11.9 Å². The third-order valence-corrected chi connectivity index (χ3v) is 3.41. The summed E-state index contributed by atoms with van der Waals surface area (Å²) in [5.41, 5.74) is 0.417. The van der Waals surface area contributed by atoms with Gasteiger partial charge in [-0.25, -0.2) is 4.79 Å². The number of rotatable bonds is 3. The molecule has 1 N–H and O–H groups in total. The first-order valence-electron chi connectivity index (χ1n) is 6.07. The molecule has 19 heavy (non-hydrogen) atoms. The number of likely N-dealkylation sites (tertiary alicyclic amines) is 1. The molecule has 1 amide bonds. The van der Waals surface area contributed by atoms with Crippen molar-refractivity contribution in [1.82, 2.24) is 4.90 Å². The zero-order valence-electron chi connectivity index (χ0n) is 11.2. The van der Waals surface area contributed by atoms with Gasteiger partial charge in [0.1, 0.15) is 17.6 Å². The Balaban J connectivity index is 2.26. The van der Waals surface area contributed by atoms with Crippen LogP contribution in [0.1, 0.15) is 28.3 Å². The summed E-state index contributed by atoms with van der Waals surface area (Å²) in [5, 5.41) is 9.19. The van der Waals surface area contributed by atoms with Crippen molar-refractivity contribution in [3.63, 3.8) is 0 Å². The quantitative estimate of drug-likeness (QED) is 0.890. The third kappa shape index (κ3) is 2.49. The average molecular weight is 267 g/mol. The van der Waals surface area contributed by atoms with Gasteiger partial charge in [0.05, 0.1) is 11.7 Å². The topological polar surface area (TPSA) is 80.0 Å². The largest absolute Gasteiger partial charge is 0.480 e. The molecule has 0 aliphatic carbocycles. The molecule has 0 aromatic carbocycles. The number of aryl methyl sites for hydroxylation is 2. The van der Waals surface area contributed by atoms with Gasteiger partial charge >= 0.3 is 5.97 Å². The van der Waals surface area contributed by atoms with Crippen molar-refractivity contribution < 1.29 is 23.8 Å². The summed E-state index contributed by atoms with van der Waals surface area (Å²) in [5.74, 6) is -0.185. The lowest BCUT2D eigenvalue weighted by Crippen LogP contribution is -2.40. The van der Waals surface area contributed by atoms with E-state index in [0.29, 0.717) is 23.5 Å². The lowest BCUT2D eigenvalue weighted by atomic mass is 10.1. The second-order valence-electron chi connectivity index (χ2n) is 4.73. The zero-order chi connectivity index (χ0) is 14.2.